The van der Waals surface area contributed by atoms with Crippen molar-refractivity contribution >= 4 is 20.9 Å². The molecule has 0 fully saturated rings. The average molecular weight is 417 g/mol. The Morgan fingerprint density at radius 1 is 0.867 bits per heavy atom. The highest BCUT2D eigenvalue weighted by atomic mass is 32.2. The van der Waals surface area contributed by atoms with Crippen LogP contribution in [0, 0.1) is 13.8 Å². The zero-order valence-corrected chi connectivity index (χ0v) is 18.0. The van der Waals surface area contributed by atoms with Crippen molar-refractivity contribution in [1.82, 2.24) is 9.29 Å². The molecule has 5 heteroatoms. The van der Waals surface area contributed by atoms with Crippen LogP contribution in [0.25, 0.3) is 22.0 Å². The van der Waals surface area contributed by atoms with Gasteiger partial charge in [-0.1, -0.05) is 53.6 Å². The van der Waals surface area contributed by atoms with Gasteiger partial charge < -0.3 is 4.98 Å². The van der Waals surface area contributed by atoms with Crippen molar-refractivity contribution < 1.29 is 8.42 Å². The monoisotopic (exact) mass is 416 g/mol. The molecule has 0 saturated heterocycles. The summed E-state index contributed by atoms with van der Waals surface area (Å²) >= 11 is 0. The smallest absolute Gasteiger partial charge is 0.243 e. The van der Waals surface area contributed by atoms with Crippen LogP contribution in [0.5, 0.6) is 0 Å². The highest BCUT2D eigenvalue weighted by Crippen LogP contribution is 2.33. The third kappa shape index (κ3) is 3.24. The number of rotatable bonds is 3. The molecule has 2 heterocycles. The molecule has 0 radical (unpaired) electrons. The third-order valence-electron chi connectivity index (χ3n) is 5.95. The van der Waals surface area contributed by atoms with Crippen molar-refractivity contribution in [3.05, 3.63) is 89.1 Å². The Morgan fingerprint density at radius 3 is 2.40 bits per heavy atom. The first-order valence-electron chi connectivity index (χ1n) is 10.2. The second-order valence-electron chi connectivity index (χ2n) is 8.11. The van der Waals surface area contributed by atoms with Gasteiger partial charge in [0.15, 0.2) is 0 Å². The molecule has 0 atom stereocenters. The Balaban J connectivity index is 1.54. The van der Waals surface area contributed by atoms with E-state index in [1.54, 1.807) is 16.4 Å². The molecule has 3 aromatic carbocycles. The van der Waals surface area contributed by atoms with E-state index in [-0.39, 0.29) is 0 Å². The van der Waals surface area contributed by atoms with Crippen molar-refractivity contribution in [1.29, 1.82) is 0 Å². The Hall–Kier alpha value is -2.89. The molecule has 5 rings (SSSR count). The van der Waals surface area contributed by atoms with E-state index in [1.807, 2.05) is 19.1 Å². The zero-order valence-electron chi connectivity index (χ0n) is 17.1. The Labute approximate surface area is 177 Å². The predicted molar refractivity (Wildman–Crippen MR) is 121 cm³/mol. The normalized spacial score (nSPS) is 14.7. The van der Waals surface area contributed by atoms with E-state index in [9.17, 15) is 8.42 Å². The lowest BCUT2D eigenvalue weighted by Crippen LogP contribution is -2.35. The summed E-state index contributed by atoms with van der Waals surface area (Å²) in [6.07, 6.45) is 0.689. The van der Waals surface area contributed by atoms with E-state index in [2.05, 4.69) is 54.4 Å². The van der Waals surface area contributed by atoms with E-state index >= 15 is 0 Å². The fourth-order valence-corrected chi connectivity index (χ4v) is 5.67. The molecule has 152 valence electrons. The molecular formula is C25H24N2O2S. The minimum Gasteiger partial charge on any atom is -0.358 e. The number of sulfonamides is 1. The van der Waals surface area contributed by atoms with Crippen LogP contribution in [0.15, 0.2) is 71.6 Å². The minimum absolute atomic E-state index is 0.358. The fourth-order valence-electron chi connectivity index (χ4n) is 4.26. The molecule has 0 saturated carbocycles. The molecule has 0 spiro atoms. The van der Waals surface area contributed by atoms with Crippen LogP contribution in [0.2, 0.25) is 0 Å². The summed E-state index contributed by atoms with van der Waals surface area (Å²) in [6.45, 7) is 4.93. The fraction of sp³-hybridized carbons (Fsp3) is 0.200. The average Bonchev–Trinajstić information content (AvgIpc) is 3.11. The Bertz CT molecular complexity index is 1350. The maximum absolute atomic E-state index is 13.2. The topological polar surface area (TPSA) is 53.2 Å². The van der Waals surface area contributed by atoms with Gasteiger partial charge in [0, 0.05) is 36.1 Å². The van der Waals surface area contributed by atoms with Gasteiger partial charge in [-0.05, 0) is 54.8 Å². The lowest BCUT2D eigenvalue weighted by atomic mass is 9.99. The van der Waals surface area contributed by atoms with Crippen molar-refractivity contribution in [2.45, 2.75) is 31.7 Å². The van der Waals surface area contributed by atoms with Crippen molar-refractivity contribution in [2.24, 2.45) is 0 Å². The van der Waals surface area contributed by atoms with E-state index in [1.165, 1.54) is 11.1 Å². The molecule has 0 amide bonds. The van der Waals surface area contributed by atoms with E-state index < -0.39 is 10.0 Å². The molecule has 0 aliphatic carbocycles. The Morgan fingerprint density at radius 2 is 1.63 bits per heavy atom. The lowest BCUT2D eigenvalue weighted by molar-refractivity contribution is 0.391. The lowest BCUT2D eigenvalue weighted by Gasteiger charge is -2.26. The van der Waals surface area contributed by atoms with Gasteiger partial charge in [0.1, 0.15) is 0 Å². The molecule has 1 aliphatic heterocycles. The number of aromatic amines is 1. The molecule has 0 bridgehead atoms. The van der Waals surface area contributed by atoms with E-state index in [4.69, 9.17) is 0 Å². The highest BCUT2D eigenvalue weighted by molar-refractivity contribution is 7.89. The van der Waals surface area contributed by atoms with Gasteiger partial charge in [-0.2, -0.15) is 4.31 Å². The van der Waals surface area contributed by atoms with Crippen molar-refractivity contribution in [2.75, 3.05) is 6.54 Å². The van der Waals surface area contributed by atoms with Gasteiger partial charge in [-0.3, -0.25) is 0 Å². The summed E-state index contributed by atoms with van der Waals surface area (Å²) in [5.74, 6) is 0. The quantitative estimate of drug-likeness (QED) is 0.499. The number of nitrogens with zero attached hydrogens (tertiary/aromatic N) is 1. The highest BCUT2D eigenvalue weighted by Gasteiger charge is 2.30. The van der Waals surface area contributed by atoms with Crippen LogP contribution < -0.4 is 0 Å². The predicted octanol–water partition coefficient (Wildman–Crippen LogP) is 5.20. The van der Waals surface area contributed by atoms with Crippen LogP contribution in [0.3, 0.4) is 0 Å². The largest absolute Gasteiger partial charge is 0.358 e. The second-order valence-corrected chi connectivity index (χ2v) is 10.1. The third-order valence-corrected chi connectivity index (χ3v) is 7.81. The van der Waals surface area contributed by atoms with Gasteiger partial charge in [-0.15, -0.1) is 0 Å². The number of hydrogen-bond donors (Lipinski definition) is 1. The van der Waals surface area contributed by atoms with Gasteiger partial charge >= 0.3 is 0 Å². The van der Waals surface area contributed by atoms with E-state index in [0.717, 1.165) is 33.3 Å². The number of hydrogen-bond acceptors (Lipinski definition) is 2. The summed E-state index contributed by atoms with van der Waals surface area (Å²) in [5.41, 5.74) is 7.88. The number of aromatic nitrogens is 1. The summed E-state index contributed by atoms with van der Waals surface area (Å²) in [7, 11) is -3.52. The van der Waals surface area contributed by atoms with Crippen LogP contribution >= 0.6 is 0 Å². The van der Waals surface area contributed by atoms with Crippen LogP contribution in [0.4, 0.5) is 0 Å². The molecular weight excluding hydrogens is 392 g/mol. The van der Waals surface area contributed by atoms with Crippen LogP contribution in [-0.2, 0) is 23.0 Å². The maximum atomic E-state index is 13.2. The summed E-state index contributed by atoms with van der Waals surface area (Å²) in [5, 5.41) is 1.10. The number of benzene rings is 3. The second kappa shape index (κ2) is 7.11. The first kappa shape index (κ1) is 19.1. The van der Waals surface area contributed by atoms with Gasteiger partial charge in [0.25, 0.3) is 0 Å². The van der Waals surface area contributed by atoms with Crippen molar-refractivity contribution in [3.8, 4) is 11.1 Å². The molecule has 1 aliphatic rings. The number of aryl methyl sites for hydroxylation is 2. The van der Waals surface area contributed by atoms with Gasteiger partial charge in [0.2, 0.25) is 10.0 Å². The summed E-state index contributed by atoms with van der Waals surface area (Å²) in [4.78, 5) is 3.86. The Kier molecular flexibility index (Phi) is 4.53. The van der Waals surface area contributed by atoms with Gasteiger partial charge in [-0.25, -0.2) is 8.42 Å². The summed E-state index contributed by atoms with van der Waals surface area (Å²) < 4.78 is 28.0. The van der Waals surface area contributed by atoms with Crippen LogP contribution in [-0.4, -0.2) is 24.3 Å². The molecule has 1 aromatic heterocycles. The van der Waals surface area contributed by atoms with Gasteiger partial charge in [0.05, 0.1) is 4.90 Å². The summed E-state index contributed by atoms with van der Waals surface area (Å²) in [6, 6.07) is 22.0. The SMILES string of the molecule is Cc1ccc(S(=O)(=O)N2CCc3[nH]c4ccc(-c5cccc(C)c5)cc4c3C2)cc1. The standard InChI is InChI=1S/C25H24N2O2S/c1-17-6-9-21(10-7-17)30(28,29)27-13-12-25-23(16-27)22-15-20(8-11-24(22)26-25)19-5-3-4-18(2)14-19/h3-11,14-15,26H,12-13,16H2,1-2H3. The van der Waals surface area contributed by atoms with Crippen LogP contribution in [0.1, 0.15) is 22.4 Å². The molecule has 30 heavy (non-hydrogen) atoms. The first-order chi connectivity index (χ1) is 14.4. The molecule has 0 unspecified atom stereocenters. The number of H-pyrrole nitrogens is 1. The number of fused-ring (bicyclic) bond motifs is 3. The number of nitrogens with one attached hydrogen (secondary N) is 1. The van der Waals surface area contributed by atoms with E-state index in [0.29, 0.717) is 24.4 Å². The first-order valence-corrected chi connectivity index (χ1v) is 11.6. The van der Waals surface area contributed by atoms with Crippen molar-refractivity contribution in [3.63, 3.8) is 0 Å². The zero-order chi connectivity index (χ0) is 20.9. The maximum Gasteiger partial charge on any atom is 0.243 e. The molecule has 4 nitrogen and oxygen atoms in total. The molecule has 4 aromatic rings. The minimum atomic E-state index is -3.52. The molecule has 1 N–H and O–H groups in total.